The van der Waals surface area contributed by atoms with Gasteiger partial charge in [-0.05, 0) is 30.9 Å². The number of hydrazone groups is 1. The number of benzene rings is 1. The predicted molar refractivity (Wildman–Crippen MR) is 129 cm³/mol. The van der Waals surface area contributed by atoms with E-state index in [9.17, 15) is 31.5 Å². The van der Waals surface area contributed by atoms with Gasteiger partial charge in [0.2, 0.25) is 23.6 Å². The second kappa shape index (κ2) is 10.8. The van der Waals surface area contributed by atoms with E-state index in [2.05, 4.69) is 20.9 Å². The molecular formula is C25H26F5N7O2. The Hall–Kier alpha value is -3.81. The summed E-state index contributed by atoms with van der Waals surface area (Å²) >= 11 is 0. The minimum atomic E-state index is -2.98. The van der Waals surface area contributed by atoms with Gasteiger partial charge in [0.1, 0.15) is 24.6 Å². The van der Waals surface area contributed by atoms with Gasteiger partial charge >= 0.3 is 0 Å². The number of likely N-dealkylation sites (tertiary alicyclic amines) is 1. The van der Waals surface area contributed by atoms with Crippen LogP contribution in [0.15, 0.2) is 41.5 Å². The minimum Gasteiger partial charge on any atom is -0.342 e. The van der Waals surface area contributed by atoms with Crippen LogP contribution in [0.3, 0.4) is 0 Å². The number of nitrogens with zero attached hydrogens (tertiary/aromatic N) is 5. The molecule has 2 fully saturated rings. The van der Waals surface area contributed by atoms with Gasteiger partial charge in [-0.1, -0.05) is 24.3 Å². The fraction of sp³-hybridized carbons (Fsp3) is 0.440. The molecule has 3 aliphatic rings. The zero-order valence-electron chi connectivity index (χ0n) is 20.8. The lowest BCUT2D eigenvalue weighted by atomic mass is 10.0. The van der Waals surface area contributed by atoms with E-state index in [1.54, 1.807) is 6.07 Å². The van der Waals surface area contributed by atoms with Gasteiger partial charge in [0.05, 0.1) is 18.3 Å². The molecular weight excluding hydrogens is 525 g/mol. The molecule has 14 heteroatoms. The molecule has 1 saturated carbocycles. The zero-order chi connectivity index (χ0) is 27.8. The lowest BCUT2D eigenvalue weighted by Gasteiger charge is -2.28. The first-order valence-electron chi connectivity index (χ1n) is 12.4. The van der Waals surface area contributed by atoms with Crippen LogP contribution in [0, 0.1) is 11.8 Å². The maximum absolute atomic E-state index is 14.8. The Balaban J connectivity index is 1.37. The maximum Gasteiger partial charge on any atom is 0.298 e. The highest BCUT2D eigenvalue weighted by Gasteiger charge is 2.42. The van der Waals surface area contributed by atoms with E-state index in [0.29, 0.717) is 5.56 Å². The normalized spacial score (nSPS) is 21.9. The molecule has 208 valence electrons. The highest BCUT2D eigenvalue weighted by atomic mass is 19.3. The smallest absolute Gasteiger partial charge is 0.298 e. The highest BCUT2D eigenvalue weighted by molar-refractivity contribution is 5.93. The summed E-state index contributed by atoms with van der Waals surface area (Å²) in [5, 5.41) is 7.98. The van der Waals surface area contributed by atoms with E-state index in [-0.39, 0.29) is 23.6 Å². The fourth-order valence-corrected chi connectivity index (χ4v) is 4.85. The molecule has 5 rings (SSSR count). The number of amidine groups is 1. The van der Waals surface area contributed by atoms with Crippen molar-refractivity contribution in [3.05, 3.63) is 65.0 Å². The number of carbonyl (C=O) groups excluding carboxylic acids is 2. The molecule has 1 saturated heterocycles. The fourth-order valence-electron chi connectivity index (χ4n) is 4.85. The molecule has 39 heavy (non-hydrogen) atoms. The van der Waals surface area contributed by atoms with Crippen LogP contribution < -0.4 is 10.9 Å². The molecule has 1 aromatic carbocycles. The molecule has 9 nitrogen and oxygen atoms in total. The zero-order valence-corrected chi connectivity index (χ0v) is 20.8. The number of hydrazine groups is 2. The predicted octanol–water partition coefficient (Wildman–Crippen LogP) is 2.63. The van der Waals surface area contributed by atoms with Crippen molar-refractivity contribution in [2.24, 2.45) is 5.10 Å². The molecule has 0 bridgehead atoms. The SMILES string of the molecule is CN1N=C(C(F)F)N(CC(=O)N2C[C@H](F)C[C@H]2C(=O)NC(c2ccc(C3CC3)c(F)n2)c2ccccc2F)N1. The number of carbonyl (C=O) groups is 2. The summed E-state index contributed by atoms with van der Waals surface area (Å²) in [6.07, 6.45) is -3.21. The van der Waals surface area contributed by atoms with Gasteiger partial charge in [-0.25, -0.2) is 27.7 Å². The third kappa shape index (κ3) is 5.65. The highest BCUT2D eigenvalue weighted by Crippen LogP contribution is 2.41. The molecule has 2 amide bonds. The summed E-state index contributed by atoms with van der Waals surface area (Å²) in [5.74, 6) is -3.64. The van der Waals surface area contributed by atoms with Crippen molar-refractivity contribution in [3.8, 4) is 0 Å². The average Bonchev–Trinajstić information content (AvgIpc) is 3.55. The number of halogens is 5. The monoisotopic (exact) mass is 551 g/mol. The van der Waals surface area contributed by atoms with Crippen molar-refractivity contribution in [2.45, 2.75) is 49.9 Å². The van der Waals surface area contributed by atoms with Gasteiger partial charge in [0, 0.05) is 24.6 Å². The van der Waals surface area contributed by atoms with Crippen LogP contribution in [0.5, 0.6) is 0 Å². The van der Waals surface area contributed by atoms with Crippen LogP contribution in [0.4, 0.5) is 22.0 Å². The molecule has 2 aliphatic heterocycles. The van der Waals surface area contributed by atoms with E-state index in [1.807, 2.05) is 0 Å². The van der Waals surface area contributed by atoms with Gasteiger partial charge in [-0.2, -0.15) is 4.39 Å². The van der Waals surface area contributed by atoms with Crippen molar-refractivity contribution in [1.29, 1.82) is 0 Å². The van der Waals surface area contributed by atoms with Gasteiger partial charge in [0.25, 0.3) is 6.43 Å². The van der Waals surface area contributed by atoms with E-state index >= 15 is 0 Å². The number of nitrogens with one attached hydrogen (secondary N) is 2. The van der Waals surface area contributed by atoms with Gasteiger partial charge in [-0.3, -0.25) is 14.6 Å². The Bertz CT molecular complexity index is 1290. The van der Waals surface area contributed by atoms with Crippen LogP contribution in [0.1, 0.15) is 48.0 Å². The van der Waals surface area contributed by atoms with Crippen LogP contribution in [-0.2, 0) is 9.59 Å². The second-order valence-electron chi connectivity index (χ2n) is 9.72. The van der Waals surface area contributed by atoms with Gasteiger partial charge < -0.3 is 10.2 Å². The van der Waals surface area contributed by atoms with Crippen molar-refractivity contribution in [1.82, 2.24) is 30.9 Å². The average molecular weight is 552 g/mol. The number of rotatable bonds is 8. The summed E-state index contributed by atoms with van der Waals surface area (Å²) in [7, 11) is 1.35. The second-order valence-corrected chi connectivity index (χ2v) is 9.72. The van der Waals surface area contributed by atoms with Gasteiger partial charge in [-0.15, -0.1) is 10.6 Å². The summed E-state index contributed by atoms with van der Waals surface area (Å²) in [4.78, 5) is 31.4. The van der Waals surface area contributed by atoms with E-state index in [0.717, 1.165) is 27.9 Å². The molecule has 2 N–H and O–H groups in total. The lowest BCUT2D eigenvalue weighted by Crippen LogP contribution is -2.53. The largest absolute Gasteiger partial charge is 0.342 e. The summed E-state index contributed by atoms with van der Waals surface area (Å²) in [6, 6.07) is 6.09. The Morgan fingerprint density at radius 2 is 1.90 bits per heavy atom. The molecule has 0 radical (unpaired) electrons. The van der Waals surface area contributed by atoms with Gasteiger partial charge in [0.15, 0.2) is 0 Å². The summed E-state index contributed by atoms with van der Waals surface area (Å²) < 4.78 is 70.7. The van der Waals surface area contributed by atoms with Crippen LogP contribution in [-0.4, -0.2) is 76.4 Å². The Morgan fingerprint density at radius 3 is 2.56 bits per heavy atom. The number of hydrogen-bond donors (Lipinski definition) is 2. The molecule has 1 aliphatic carbocycles. The third-order valence-corrected chi connectivity index (χ3v) is 6.87. The maximum atomic E-state index is 14.8. The standard InChI is InChI=1S/C25H26F5N7O2/c1-35-33-24(22(28)29)37(34-35)12-20(38)36-11-14(26)10-19(36)25(39)32-21(16-4-2-3-5-17(16)27)18-9-8-15(13-6-7-13)23(30)31-18/h2-5,8-9,13-14,19,21-22,34H,6-7,10-12H2,1H3,(H,32,39)/t14-,19+,21?/m1/s1. The van der Waals surface area contributed by atoms with Crippen molar-refractivity contribution in [2.75, 3.05) is 20.1 Å². The van der Waals surface area contributed by atoms with Crippen LogP contribution in [0.25, 0.3) is 0 Å². The number of hydrogen-bond acceptors (Lipinski definition) is 7. The lowest BCUT2D eigenvalue weighted by molar-refractivity contribution is -0.139. The van der Waals surface area contributed by atoms with Crippen molar-refractivity contribution < 1.29 is 31.5 Å². The molecule has 3 heterocycles. The Labute approximate surface area is 220 Å². The van der Waals surface area contributed by atoms with E-state index in [4.69, 9.17) is 0 Å². The number of alkyl halides is 3. The first kappa shape index (κ1) is 26.8. The van der Waals surface area contributed by atoms with Crippen LogP contribution >= 0.6 is 0 Å². The third-order valence-electron chi connectivity index (χ3n) is 6.87. The number of amides is 2. The van der Waals surface area contributed by atoms with E-state index < -0.39 is 67.2 Å². The molecule has 0 spiro atoms. The van der Waals surface area contributed by atoms with Crippen molar-refractivity contribution >= 4 is 17.6 Å². The molecule has 1 aromatic heterocycles. The molecule has 1 unspecified atom stereocenters. The quantitative estimate of drug-likeness (QED) is 0.387. The molecule has 3 atom stereocenters. The minimum absolute atomic E-state index is 0.00619. The summed E-state index contributed by atoms with van der Waals surface area (Å²) in [5.41, 5.74) is 2.94. The van der Waals surface area contributed by atoms with E-state index in [1.165, 1.54) is 37.4 Å². The van der Waals surface area contributed by atoms with Crippen LogP contribution in [0.2, 0.25) is 0 Å². The number of aromatic nitrogens is 1. The Kier molecular flexibility index (Phi) is 7.38. The number of pyridine rings is 1. The Morgan fingerprint density at radius 1 is 1.15 bits per heavy atom. The first-order chi connectivity index (χ1) is 18.6. The topological polar surface area (TPSA) is 93.2 Å². The summed E-state index contributed by atoms with van der Waals surface area (Å²) in [6.45, 7) is -1.08. The van der Waals surface area contributed by atoms with Crippen molar-refractivity contribution in [3.63, 3.8) is 0 Å². The first-order valence-corrected chi connectivity index (χ1v) is 12.4. The molecule has 2 aromatic rings.